The van der Waals surface area contributed by atoms with Gasteiger partial charge in [0.15, 0.2) is 0 Å². The van der Waals surface area contributed by atoms with Gasteiger partial charge < -0.3 is 10.4 Å². The first-order valence-electron chi connectivity index (χ1n) is 7.53. The number of hydrogen-bond donors (Lipinski definition) is 2. The summed E-state index contributed by atoms with van der Waals surface area (Å²) in [6.07, 6.45) is 8.30. The van der Waals surface area contributed by atoms with Crippen LogP contribution in [-0.4, -0.2) is 33.6 Å². The number of rotatable bonds is 6. The van der Waals surface area contributed by atoms with Crippen LogP contribution >= 0.6 is 0 Å². The Morgan fingerprint density at radius 1 is 1.47 bits per heavy atom. The maximum Gasteiger partial charge on any atom is 0.0771 e. The van der Waals surface area contributed by atoms with Crippen LogP contribution in [0.4, 0.5) is 0 Å². The smallest absolute Gasteiger partial charge is 0.0771 e. The fraction of sp³-hybridized carbons (Fsp3) is 0.800. The van der Waals surface area contributed by atoms with E-state index in [1.54, 1.807) is 0 Å². The molecule has 0 radical (unpaired) electrons. The Labute approximate surface area is 116 Å². The molecule has 4 nitrogen and oxygen atoms in total. The largest absolute Gasteiger partial charge is 0.389 e. The van der Waals surface area contributed by atoms with Crippen LogP contribution in [-0.2, 0) is 13.5 Å². The topological polar surface area (TPSA) is 50.1 Å². The fourth-order valence-electron chi connectivity index (χ4n) is 2.98. The molecule has 0 amide bonds. The molecular weight excluding hydrogens is 238 g/mol. The van der Waals surface area contributed by atoms with E-state index < -0.39 is 5.60 Å². The molecule has 0 atom stereocenters. The SMILES string of the molecule is CCC1CCC(O)(CNCCc2ccnn2C)CC1. The third-order valence-corrected chi connectivity index (χ3v) is 4.55. The highest BCUT2D eigenvalue weighted by Gasteiger charge is 2.31. The van der Waals surface area contributed by atoms with Crippen molar-refractivity contribution in [1.82, 2.24) is 15.1 Å². The quantitative estimate of drug-likeness (QED) is 0.772. The second kappa shape index (κ2) is 6.53. The lowest BCUT2D eigenvalue weighted by Crippen LogP contribution is -2.44. The molecule has 4 heteroatoms. The average molecular weight is 265 g/mol. The minimum atomic E-state index is -0.474. The highest BCUT2D eigenvalue weighted by molar-refractivity contribution is 5.00. The van der Waals surface area contributed by atoms with E-state index in [1.807, 2.05) is 24.0 Å². The molecule has 0 bridgehead atoms. The molecule has 1 aromatic heterocycles. The zero-order valence-electron chi connectivity index (χ0n) is 12.2. The number of nitrogens with one attached hydrogen (secondary N) is 1. The lowest BCUT2D eigenvalue weighted by molar-refractivity contribution is -0.00836. The molecule has 1 heterocycles. The lowest BCUT2D eigenvalue weighted by atomic mass is 9.78. The van der Waals surface area contributed by atoms with Crippen molar-refractivity contribution in [3.8, 4) is 0 Å². The summed E-state index contributed by atoms with van der Waals surface area (Å²) in [4.78, 5) is 0. The van der Waals surface area contributed by atoms with E-state index in [2.05, 4.69) is 17.3 Å². The van der Waals surface area contributed by atoms with Crippen LogP contribution in [0.2, 0.25) is 0 Å². The minimum absolute atomic E-state index is 0.474. The number of aliphatic hydroxyl groups is 1. The van der Waals surface area contributed by atoms with E-state index in [0.29, 0.717) is 0 Å². The lowest BCUT2D eigenvalue weighted by Gasteiger charge is -2.36. The molecule has 19 heavy (non-hydrogen) atoms. The van der Waals surface area contributed by atoms with Crippen LogP contribution in [0.15, 0.2) is 12.3 Å². The molecule has 2 rings (SSSR count). The standard InChI is InChI=1S/C15H27N3O/c1-3-13-4-8-15(19,9-5-13)12-16-10-6-14-7-11-17-18(14)2/h7,11,13,16,19H,3-6,8-10,12H2,1-2H3. The summed E-state index contributed by atoms with van der Waals surface area (Å²) in [6.45, 7) is 3.88. The van der Waals surface area contributed by atoms with Crippen molar-refractivity contribution in [3.05, 3.63) is 18.0 Å². The third kappa shape index (κ3) is 4.05. The van der Waals surface area contributed by atoms with Crippen LogP contribution in [0.25, 0.3) is 0 Å². The Morgan fingerprint density at radius 2 is 2.21 bits per heavy atom. The molecule has 2 N–H and O–H groups in total. The van der Waals surface area contributed by atoms with Gasteiger partial charge in [-0.2, -0.15) is 5.10 Å². The van der Waals surface area contributed by atoms with Crippen molar-refractivity contribution < 1.29 is 5.11 Å². The molecular formula is C15H27N3O. The van der Waals surface area contributed by atoms with Crippen LogP contribution in [0.1, 0.15) is 44.7 Å². The normalized spacial score (nSPS) is 27.6. The molecule has 1 aliphatic rings. The summed E-state index contributed by atoms with van der Waals surface area (Å²) in [5.41, 5.74) is 0.757. The predicted molar refractivity (Wildman–Crippen MR) is 77.0 cm³/mol. The molecule has 1 aromatic rings. The minimum Gasteiger partial charge on any atom is -0.389 e. The van der Waals surface area contributed by atoms with Gasteiger partial charge in [-0.25, -0.2) is 0 Å². The van der Waals surface area contributed by atoms with Crippen molar-refractivity contribution in [2.75, 3.05) is 13.1 Å². The molecule has 108 valence electrons. The van der Waals surface area contributed by atoms with E-state index in [4.69, 9.17) is 0 Å². The van der Waals surface area contributed by atoms with Crippen molar-refractivity contribution in [2.24, 2.45) is 13.0 Å². The summed E-state index contributed by atoms with van der Waals surface area (Å²) in [7, 11) is 1.97. The van der Waals surface area contributed by atoms with Gasteiger partial charge in [0.25, 0.3) is 0 Å². The third-order valence-electron chi connectivity index (χ3n) is 4.55. The van der Waals surface area contributed by atoms with Gasteiger partial charge in [0.2, 0.25) is 0 Å². The maximum atomic E-state index is 10.5. The highest BCUT2D eigenvalue weighted by Crippen LogP contribution is 2.33. The Balaban J connectivity index is 1.67. The van der Waals surface area contributed by atoms with Gasteiger partial charge in [0.05, 0.1) is 5.60 Å². The van der Waals surface area contributed by atoms with Crippen LogP contribution in [0, 0.1) is 5.92 Å². The molecule has 1 aliphatic carbocycles. The first-order valence-corrected chi connectivity index (χ1v) is 7.53. The Hall–Kier alpha value is -0.870. The molecule has 0 aromatic carbocycles. The van der Waals surface area contributed by atoms with Gasteiger partial charge in [-0.1, -0.05) is 13.3 Å². The number of hydrogen-bond acceptors (Lipinski definition) is 3. The van der Waals surface area contributed by atoms with Gasteiger partial charge in [0, 0.05) is 38.4 Å². The van der Waals surface area contributed by atoms with E-state index in [0.717, 1.165) is 38.3 Å². The number of aromatic nitrogens is 2. The van der Waals surface area contributed by atoms with Crippen LogP contribution in [0.3, 0.4) is 0 Å². The second-order valence-electron chi connectivity index (χ2n) is 5.95. The van der Waals surface area contributed by atoms with Gasteiger partial charge in [-0.05, 0) is 37.7 Å². The van der Waals surface area contributed by atoms with Gasteiger partial charge in [-0.3, -0.25) is 4.68 Å². The van der Waals surface area contributed by atoms with E-state index in [9.17, 15) is 5.11 Å². The average Bonchev–Trinajstić information content (AvgIpc) is 2.81. The van der Waals surface area contributed by atoms with E-state index in [-0.39, 0.29) is 0 Å². The molecule has 0 unspecified atom stereocenters. The monoisotopic (exact) mass is 265 g/mol. The molecule has 0 saturated heterocycles. The van der Waals surface area contributed by atoms with Crippen molar-refractivity contribution in [1.29, 1.82) is 0 Å². The maximum absolute atomic E-state index is 10.5. The molecule has 0 spiro atoms. The molecule has 1 saturated carbocycles. The molecule has 0 aliphatic heterocycles. The second-order valence-corrected chi connectivity index (χ2v) is 5.95. The van der Waals surface area contributed by atoms with Gasteiger partial charge in [-0.15, -0.1) is 0 Å². The van der Waals surface area contributed by atoms with Gasteiger partial charge >= 0.3 is 0 Å². The van der Waals surface area contributed by atoms with Crippen molar-refractivity contribution >= 4 is 0 Å². The van der Waals surface area contributed by atoms with Gasteiger partial charge in [0.1, 0.15) is 0 Å². The predicted octanol–water partition coefficient (Wildman–Crippen LogP) is 1.88. The summed E-state index contributed by atoms with van der Waals surface area (Å²) in [5.74, 6) is 0.828. The van der Waals surface area contributed by atoms with Crippen molar-refractivity contribution in [2.45, 2.75) is 51.0 Å². The summed E-state index contributed by atoms with van der Waals surface area (Å²) < 4.78 is 1.91. The summed E-state index contributed by atoms with van der Waals surface area (Å²) in [6, 6.07) is 2.04. The van der Waals surface area contributed by atoms with Crippen molar-refractivity contribution in [3.63, 3.8) is 0 Å². The zero-order chi connectivity index (χ0) is 13.7. The summed E-state index contributed by atoms with van der Waals surface area (Å²) in [5, 5.41) is 18.1. The number of nitrogens with zero attached hydrogens (tertiary/aromatic N) is 2. The Bertz CT molecular complexity index is 380. The fourth-order valence-corrected chi connectivity index (χ4v) is 2.98. The first kappa shape index (κ1) is 14.5. The Morgan fingerprint density at radius 3 is 2.79 bits per heavy atom. The Kier molecular flexibility index (Phi) is 4.99. The van der Waals surface area contributed by atoms with Crippen LogP contribution in [0.5, 0.6) is 0 Å². The first-order chi connectivity index (χ1) is 9.13. The van der Waals surface area contributed by atoms with Crippen LogP contribution < -0.4 is 5.32 Å². The highest BCUT2D eigenvalue weighted by atomic mass is 16.3. The van der Waals surface area contributed by atoms with E-state index >= 15 is 0 Å². The summed E-state index contributed by atoms with van der Waals surface area (Å²) >= 11 is 0. The zero-order valence-corrected chi connectivity index (χ0v) is 12.2. The van der Waals surface area contributed by atoms with E-state index in [1.165, 1.54) is 25.0 Å². The molecule has 1 fully saturated rings. The number of aryl methyl sites for hydroxylation is 1.